The fourth-order valence-electron chi connectivity index (χ4n) is 6.38. The molecule has 0 unspecified atom stereocenters. The van der Waals surface area contributed by atoms with Gasteiger partial charge in [0.1, 0.15) is 17.9 Å². The van der Waals surface area contributed by atoms with Crippen molar-refractivity contribution in [2.24, 2.45) is 11.6 Å². The number of fused-ring (bicyclic) bond motifs is 3. The summed E-state index contributed by atoms with van der Waals surface area (Å²) in [5.41, 5.74) is 4.30. The van der Waals surface area contributed by atoms with Crippen LogP contribution in [0.25, 0.3) is 11.4 Å². The number of halogens is 4. The Morgan fingerprint density at radius 2 is 1.96 bits per heavy atom. The number of hydrogen-bond donors (Lipinski definition) is 4. The summed E-state index contributed by atoms with van der Waals surface area (Å²) in [5, 5.41) is 18.1. The number of pyridine rings is 1. The SMILES string of the molecule is N/C=C1/C=C(c2nc3n(CC(=O)Nc4ccc(C(F)(F)F)cc4Cl)c4c(c(=O)n3n2)C2(CCN(C(=O)c3ncccc3O)CC2)OC4)C=CN1N. The Kier molecular flexibility index (Phi) is 8.31. The number of alkyl halides is 3. The highest BCUT2D eigenvalue weighted by molar-refractivity contribution is 6.33. The number of amides is 2. The molecular weight excluding hydrogens is 697 g/mol. The minimum atomic E-state index is -4.63. The Morgan fingerprint density at radius 3 is 2.65 bits per heavy atom. The zero-order chi connectivity index (χ0) is 36.2. The van der Waals surface area contributed by atoms with Crippen LogP contribution in [-0.2, 0) is 34.5 Å². The summed E-state index contributed by atoms with van der Waals surface area (Å²) < 4.78 is 48.4. The number of aromatic nitrogens is 5. The van der Waals surface area contributed by atoms with E-state index >= 15 is 0 Å². The Balaban J connectivity index is 1.26. The van der Waals surface area contributed by atoms with E-state index in [1.54, 1.807) is 12.2 Å². The lowest BCUT2D eigenvalue weighted by molar-refractivity contribution is -0.137. The van der Waals surface area contributed by atoms with Crippen molar-refractivity contribution in [3.05, 3.63) is 110 Å². The number of ether oxygens (including phenoxy) is 1. The number of allylic oxidation sites excluding steroid dienone is 3. The van der Waals surface area contributed by atoms with Crippen LogP contribution in [0.5, 0.6) is 5.75 Å². The summed E-state index contributed by atoms with van der Waals surface area (Å²) in [6.07, 6.45) is 3.17. The molecule has 264 valence electrons. The second-order valence-corrected chi connectivity index (χ2v) is 12.4. The second kappa shape index (κ2) is 12.6. The minimum Gasteiger partial charge on any atom is -0.505 e. The number of nitrogens with zero attached hydrogens (tertiary/aromatic N) is 7. The van der Waals surface area contributed by atoms with E-state index in [-0.39, 0.29) is 71.9 Å². The lowest BCUT2D eigenvalue weighted by Crippen LogP contribution is -2.47. The number of carbonyl (C=O) groups excluding carboxylic acids is 2. The summed E-state index contributed by atoms with van der Waals surface area (Å²) in [6, 6.07) is 5.42. The van der Waals surface area contributed by atoms with Crippen LogP contribution < -0.4 is 22.5 Å². The molecule has 0 radical (unpaired) electrons. The highest BCUT2D eigenvalue weighted by atomic mass is 35.5. The Labute approximate surface area is 290 Å². The van der Waals surface area contributed by atoms with Gasteiger partial charge in [-0.1, -0.05) is 11.6 Å². The lowest BCUT2D eigenvalue weighted by atomic mass is 9.85. The van der Waals surface area contributed by atoms with Crippen LogP contribution in [0.15, 0.2) is 71.6 Å². The number of nitrogens with one attached hydrogen (secondary N) is 1. The summed E-state index contributed by atoms with van der Waals surface area (Å²) in [6.45, 7) is -0.243. The molecular formula is C32H28ClF3N10O5. The van der Waals surface area contributed by atoms with Crippen LogP contribution in [0.3, 0.4) is 0 Å². The zero-order valence-corrected chi connectivity index (χ0v) is 27.1. The van der Waals surface area contributed by atoms with Crippen molar-refractivity contribution in [1.82, 2.24) is 34.1 Å². The average molecular weight is 725 g/mol. The van der Waals surface area contributed by atoms with Crippen LogP contribution in [0, 0.1) is 0 Å². The third kappa shape index (κ3) is 5.96. The molecule has 6 N–H and O–H groups in total. The molecule has 1 spiro atoms. The second-order valence-electron chi connectivity index (χ2n) is 12.0. The molecule has 2 amide bonds. The smallest absolute Gasteiger partial charge is 0.416 e. The summed E-state index contributed by atoms with van der Waals surface area (Å²) in [5.74, 6) is 4.59. The first-order valence-electron chi connectivity index (χ1n) is 15.4. The fraction of sp³-hybridized carbons (Fsp3) is 0.250. The molecule has 1 aromatic carbocycles. The number of likely N-dealkylation sites (tertiary alicyclic amines) is 1. The molecule has 1 fully saturated rings. The summed E-state index contributed by atoms with van der Waals surface area (Å²) >= 11 is 6.10. The highest BCUT2D eigenvalue weighted by Crippen LogP contribution is 2.43. The Hall–Kier alpha value is -5.72. The van der Waals surface area contributed by atoms with Crippen LogP contribution in [0.2, 0.25) is 5.02 Å². The topological polar surface area (TPSA) is 199 Å². The predicted molar refractivity (Wildman–Crippen MR) is 175 cm³/mol. The van der Waals surface area contributed by atoms with Crippen molar-refractivity contribution in [1.29, 1.82) is 0 Å². The van der Waals surface area contributed by atoms with Gasteiger partial charge >= 0.3 is 6.18 Å². The molecule has 15 nitrogen and oxygen atoms in total. The molecule has 0 atom stereocenters. The molecule has 51 heavy (non-hydrogen) atoms. The molecule has 6 heterocycles. The molecule has 3 aliphatic heterocycles. The number of carbonyl (C=O) groups is 2. The quantitative estimate of drug-likeness (QED) is 0.221. The summed E-state index contributed by atoms with van der Waals surface area (Å²) in [4.78, 5) is 51.0. The van der Waals surface area contributed by atoms with Gasteiger partial charge < -0.3 is 30.4 Å². The van der Waals surface area contributed by atoms with E-state index in [0.717, 1.165) is 16.6 Å². The van der Waals surface area contributed by atoms with Gasteiger partial charge in [0.25, 0.3) is 11.5 Å². The molecule has 7 rings (SSSR count). The van der Waals surface area contributed by atoms with Crippen molar-refractivity contribution >= 4 is 40.5 Å². The Morgan fingerprint density at radius 1 is 1.20 bits per heavy atom. The van der Waals surface area contributed by atoms with Gasteiger partial charge in [-0.05, 0) is 55.3 Å². The number of benzene rings is 1. The summed E-state index contributed by atoms with van der Waals surface area (Å²) in [7, 11) is 0. The Bertz CT molecular complexity index is 2260. The van der Waals surface area contributed by atoms with E-state index in [4.69, 9.17) is 27.9 Å². The van der Waals surface area contributed by atoms with Gasteiger partial charge in [-0.3, -0.25) is 19.4 Å². The van der Waals surface area contributed by atoms with Gasteiger partial charge in [0, 0.05) is 37.3 Å². The van der Waals surface area contributed by atoms with Crippen LogP contribution in [0.4, 0.5) is 18.9 Å². The van der Waals surface area contributed by atoms with Gasteiger partial charge in [0.2, 0.25) is 11.7 Å². The van der Waals surface area contributed by atoms with Crippen LogP contribution in [0.1, 0.15) is 46.0 Å². The van der Waals surface area contributed by atoms with E-state index in [2.05, 4.69) is 20.4 Å². The number of hydrazine groups is 1. The first-order valence-corrected chi connectivity index (χ1v) is 15.8. The number of anilines is 1. The van der Waals surface area contributed by atoms with Crippen molar-refractivity contribution in [3.8, 4) is 5.75 Å². The molecule has 0 bridgehead atoms. The first kappa shape index (κ1) is 33.8. The molecule has 0 aliphatic carbocycles. The fourth-order valence-corrected chi connectivity index (χ4v) is 6.61. The number of rotatable bonds is 5. The monoisotopic (exact) mass is 724 g/mol. The normalized spacial score (nSPS) is 17.7. The lowest BCUT2D eigenvalue weighted by Gasteiger charge is -2.38. The molecule has 4 aromatic rings. The van der Waals surface area contributed by atoms with Crippen molar-refractivity contribution in [3.63, 3.8) is 0 Å². The van der Waals surface area contributed by atoms with Crippen molar-refractivity contribution in [2.75, 3.05) is 18.4 Å². The average Bonchev–Trinajstić information content (AvgIpc) is 3.71. The number of aromatic hydroxyl groups is 1. The van der Waals surface area contributed by atoms with E-state index in [1.165, 1.54) is 45.2 Å². The predicted octanol–water partition coefficient (Wildman–Crippen LogP) is 2.85. The molecule has 3 aliphatic rings. The van der Waals surface area contributed by atoms with Gasteiger partial charge in [0.05, 0.1) is 39.8 Å². The van der Waals surface area contributed by atoms with Crippen LogP contribution in [-0.4, -0.2) is 64.1 Å². The standard InChI is InChI=1S/C32H28ClF3N10O5/c33-20-13-18(32(34,35)36)3-4-21(20)40-24(48)15-44-22-16-51-31(6-10-43(11-7-31)29(50)26-23(47)2-1-8-39-26)25(22)28(49)46-30(44)41-27(42-46)17-5-9-45(38)19(12-17)14-37/h1-5,8-9,12-14,47H,6-7,10-11,15-16,37-38H2,(H,40,48)/b19-14-. The molecule has 19 heteroatoms. The maximum atomic E-state index is 14.3. The zero-order valence-electron chi connectivity index (χ0n) is 26.4. The van der Waals surface area contributed by atoms with Gasteiger partial charge in [-0.25, -0.2) is 10.8 Å². The van der Waals surface area contributed by atoms with Crippen molar-refractivity contribution in [2.45, 2.75) is 37.8 Å². The minimum absolute atomic E-state index is 0.0101. The molecule has 3 aromatic heterocycles. The van der Waals surface area contributed by atoms with Gasteiger partial charge in [-0.15, -0.1) is 5.10 Å². The molecule has 1 saturated heterocycles. The van der Waals surface area contributed by atoms with E-state index < -0.39 is 41.3 Å². The third-order valence-corrected chi connectivity index (χ3v) is 9.27. The van der Waals surface area contributed by atoms with Crippen molar-refractivity contribution < 1.29 is 32.6 Å². The highest BCUT2D eigenvalue weighted by Gasteiger charge is 2.48. The maximum Gasteiger partial charge on any atom is 0.416 e. The first-order chi connectivity index (χ1) is 24.3. The number of nitrogens with two attached hydrogens (primary N) is 2. The van der Waals surface area contributed by atoms with Gasteiger partial charge in [-0.2, -0.15) is 22.7 Å². The van der Waals surface area contributed by atoms with E-state index in [0.29, 0.717) is 23.0 Å². The van der Waals surface area contributed by atoms with Gasteiger partial charge in [0.15, 0.2) is 11.5 Å². The van der Waals surface area contributed by atoms with E-state index in [9.17, 15) is 32.7 Å². The largest absolute Gasteiger partial charge is 0.505 e. The molecule has 0 saturated carbocycles. The van der Waals surface area contributed by atoms with Crippen LogP contribution >= 0.6 is 11.6 Å². The third-order valence-electron chi connectivity index (χ3n) is 8.96. The van der Waals surface area contributed by atoms with E-state index in [1.807, 2.05) is 0 Å². The number of hydrogen-bond acceptors (Lipinski definition) is 11. The number of piperidine rings is 1. The maximum absolute atomic E-state index is 14.3.